The molecule has 2 aromatic rings. The van der Waals surface area contributed by atoms with Gasteiger partial charge in [0.15, 0.2) is 0 Å². The maximum absolute atomic E-state index is 10.6. The summed E-state index contributed by atoms with van der Waals surface area (Å²) in [6.45, 7) is 2.03. The van der Waals surface area contributed by atoms with Crippen molar-refractivity contribution in [3.63, 3.8) is 0 Å². The number of carbonyl (C=O) groups is 1. The van der Waals surface area contributed by atoms with E-state index in [0.717, 1.165) is 29.5 Å². The molecule has 1 aliphatic rings. The van der Waals surface area contributed by atoms with Crippen molar-refractivity contribution in [2.75, 3.05) is 11.9 Å². The summed E-state index contributed by atoms with van der Waals surface area (Å²) in [7, 11) is 0. The summed E-state index contributed by atoms with van der Waals surface area (Å²) in [6, 6.07) is 0. The molecule has 2 aromatic heterocycles. The number of aromatic nitrogens is 2. The second-order valence-corrected chi connectivity index (χ2v) is 6.06. The van der Waals surface area contributed by atoms with Gasteiger partial charge in [0.05, 0.1) is 17.9 Å². The quantitative estimate of drug-likeness (QED) is 0.904. The Morgan fingerprint density at radius 1 is 1.58 bits per heavy atom. The fraction of sp³-hybridized carbons (Fsp3) is 0.462. The van der Waals surface area contributed by atoms with Crippen LogP contribution in [0.5, 0.6) is 0 Å². The number of thiophene rings is 1. The van der Waals surface area contributed by atoms with Gasteiger partial charge in [-0.2, -0.15) is 0 Å². The molecule has 2 heterocycles. The number of hydrogen-bond donors (Lipinski definition) is 1. The monoisotopic (exact) mass is 276 g/mol. The highest BCUT2D eigenvalue weighted by Gasteiger charge is 2.22. The Hall–Kier alpha value is -1.69. The molecule has 19 heavy (non-hydrogen) atoms. The normalized spacial score (nSPS) is 18.3. The number of hydrogen-bond acceptors (Lipinski definition) is 6. The first kappa shape index (κ1) is 12.3. The summed E-state index contributed by atoms with van der Waals surface area (Å²) in [5, 5.41) is 14.4. The van der Waals surface area contributed by atoms with Gasteiger partial charge in [-0.15, -0.1) is 11.3 Å². The zero-order valence-corrected chi connectivity index (χ0v) is 11.4. The van der Waals surface area contributed by atoms with Gasteiger partial charge in [0, 0.05) is 4.88 Å². The Kier molecular flexibility index (Phi) is 3.10. The number of carbonyl (C=O) groups excluding carboxylic acids is 1. The molecule has 0 bridgehead atoms. The van der Waals surface area contributed by atoms with Crippen LogP contribution in [0, 0.1) is 5.92 Å². The molecule has 3 rings (SSSR count). The summed E-state index contributed by atoms with van der Waals surface area (Å²) < 4.78 is 0. The van der Waals surface area contributed by atoms with Crippen LogP contribution in [0.25, 0.3) is 10.2 Å². The first-order chi connectivity index (χ1) is 9.15. The van der Waals surface area contributed by atoms with Crippen LogP contribution in [0.1, 0.15) is 23.8 Å². The topological polar surface area (TPSA) is 77.9 Å². The maximum atomic E-state index is 10.6. The van der Waals surface area contributed by atoms with E-state index in [0.29, 0.717) is 11.7 Å². The lowest BCUT2D eigenvalue weighted by Crippen LogP contribution is -2.30. The van der Waals surface area contributed by atoms with Gasteiger partial charge in [-0.05, 0) is 30.7 Å². The highest BCUT2D eigenvalue weighted by Crippen LogP contribution is 2.39. The molecular weight excluding hydrogens is 262 g/mol. The molecule has 0 spiro atoms. The Morgan fingerprint density at radius 2 is 2.42 bits per heavy atom. The molecular formula is C13H14N3O2S-. The number of carboxylic acids is 1. The molecule has 1 N–H and O–H groups in total. The smallest absolute Gasteiger partial charge is 0.138 e. The average molecular weight is 276 g/mol. The van der Waals surface area contributed by atoms with Crippen LogP contribution >= 0.6 is 11.3 Å². The van der Waals surface area contributed by atoms with Gasteiger partial charge >= 0.3 is 0 Å². The molecule has 0 amide bonds. The van der Waals surface area contributed by atoms with Crippen molar-refractivity contribution in [2.24, 2.45) is 5.92 Å². The molecule has 1 aliphatic carbocycles. The standard InChI is InChI=1S/C13H15N3O2S/c1-7-2-3-8-9(4-7)19-13-11(8)12(15-6-16-13)14-5-10(17)18/h6-7H,2-5H2,1H3,(H,17,18)(H,14,15,16)/p-1/t7-/m1/s1. The van der Waals surface area contributed by atoms with Crippen LogP contribution in [0.15, 0.2) is 6.33 Å². The van der Waals surface area contributed by atoms with Crippen molar-refractivity contribution in [3.05, 3.63) is 16.8 Å². The van der Waals surface area contributed by atoms with Crippen LogP contribution in [0.3, 0.4) is 0 Å². The van der Waals surface area contributed by atoms with E-state index in [1.54, 1.807) is 11.3 Å². The van der Waals surface area contributed by atoms with E-state index in [-0.39, 0.29) is 6.54 Å². The molecule has 0 saturated carbocycles. The molecule has 0 saturated heterocycles. The average Bonchev–Trinajstić information content (AvgIpc) is 2.73. The highest BCUT2D eigenvalue weighted by atomic mass is 32.1. The second kappa shape index (κ2) is 4.77. The summed E-state index contributed by atoms with van der Waals surface area (Å²) in [6.07, 6.45) is 4.74. The Bertz CT molecular complexity index is 638. The van der Waals surface area contributed by atoms with Gasteiger partial charge in [-0.25, -0.2) is 9.97 Å². The van der Waals surface area contributed by atoms with Crippen molar-refractivity contribution in [3.8, 4) is 0 Å². The summed E-state index contributed by atoms with van der Waals surface area (Å²) in [4.78, 5) is 21.3. The number of nitrogens with zero attached hydrogens (tertiary/aromatic N) is 2. The number of anilines is 1. The summed E-state index contributed by atoms with van der Waals surface area (Å²) in [5.74, 6) is 0.180. The number of aryl methyl sites for hydroxylation is 1. The zero-order chi connectivity index (χ0) is 13.4. The van der Waals surface area contributed by atoms with Gasteiger partial charge < -0.3 is 15.2 Å². The van der Waals surface area contributed by atoms with Gasteiger partial charge in [0.2, 0.25) is 0 Å². The van der Waals surface area contributed by atoms with Gasteiger partial charge in [-0.3, -0.25) is 0 Å². The number of aliphatic carboxylic acids is 1. The third kappa shape index (κ3) is 2.28. The molecule has 0 radical (unpaired) electrons. The van der Waals surface area contributed by atoms with Crippen LogP contribution in [0.2, 0.25) is 0 Å². The van der Waals surface area contributed by atoms with Crippen molar-refractivity contribution >= 4 is 33.3 Å². The van der Waals surface area contributed by atoms with Crippen molar-refractivity contribution in [1.82, 2.24) is 9.97 Å². The lowest BCUT2D eigenvalue weighted by Gasteiger charge is -2.18. The van der Waals surface area contributed by atoms with E-state index in [1.807, 2.05) is 0 Å². The van der Waals surface area contributed by atoms with Gasteiger partial charge in [0.25, 0.3) is 0 Å². The minimum Gasteiger partial charge on any atom is -0.548 e. The third-order valence-corrected chi connectivity index (χ3v) is 4.65. The predicted molar refractivity (Wildman–Crippen MR) is 72.1 cm³/mol. The first-order valence-electron chi connectivity index (χ1n) is 6.34. The molecule has 100 valence electrons. The van der Waals surface area contributed by atoms with Crippen LogP contribution < -0.4 is 10.4 Å². The Labute approximate surface area is 114 Å². The van der Waals surface area contributed by atoms with Crippen LogP contribution in [-0.2, 0) is 17.6 Å². The zero-order valence-electron chi connectivity index (χ0n) is 10.6. The molecule has 5 nitrogen and oxygen atoms in total. The fourth-order valence-corrected chi connectivity index (χ4v) is 3.92. The van der Waals surface area contributed by atoms with E-state index in [9.17, 15) is 9.90 Å². The Morgan fingerprint density at radius 3 is 3.21 bits per heavy atom. The fourth-order valence-electron chi connectivity index (χ4n) is 2.57. The summed E-state index contributed by atoms with van der Waals surface area (Å²) in [5.41, 5.74) is 1.29. The molecule has 6 heteroatoms. The largest absolute Gasteiger partial charge is 0.548 e. The van der Waals surface area contributed by atoms with Crippen LogP contribution in [-0.4, -0.2) is 22.5 Å². The molecule has 0 fully saturated rings. The SMILES string of the molecule is C[C@@H]1CCc2c(sc3ncnc(NCC(=O)[O-])c23)C1. The van der Waals surface area contributed by atoms with E-state index in [4.69, 9.17) is 0 Å². The molecule has 1 atom stereocenters. The van der Waals surface area contributed by atoms with Crippen molar-refractivity contribution in [1.29, 1.82) is 0 Å². The van der Waals surface area contributed by atoms with Gasteiger partial charge in [-0.1, -0.05) is 6.92 Å². The highest BCUT2D eigenvalue weighted by molar-refractivity contribution is 7.19. The van der Waals surface area contributed by atoms with E-state index in [2.05, 4.69) is 22.2 Å². The number of fused-ring (bicyclic) bond motifs is 3. The minimum atomic E-state index is -1.13. The molecule has 0 aliphatic heterocycles. The lowest BCUT2D eigenvalue weighted by molar-refractivity contribution is -0.302. The van der Waals surface area contributed by atoms with Crippen molar-refractivity contribution in [2.45, 2.75) is 26.2 Å². The van der Waals surface area contributed by atoms with E-state index >= 15 is 0 Å². The molecule has 0 aromatic carbocycles. The minimum absolute atomic E-state index is 0.229. The maximum Gasteiger partial charge on any atom is 0.138 e. The van der Waals surface area contributed by atoms with Crippen molar-refractivity contribution < 1.29 is 9.90 Å². The van der Waals surface area contributed by atoms with Gasteiger partial charge in [0.1, 0.15) is 17.0 Å². The lowest BCUT2D eigenvalue weighted by atomic mass is 9.89. The second-order valence-electron chi connectivity index (χ2n) is 4.98. The number of rotatable bonds is 3. The first-order valence-corrected chi connectivity index (χ1v) is 7.15. The number of nitrogens with one attached hydrogen (secondary N) is 1. The Balaban J connectivity index is 2.06. The summed E-state index contributed by atoms with van der Waals surface area (Å²) >= 11 is 1.70. The predicted octanol–water partition coefficient (Wildman–Crippen LogP) is 0.978. The van der Waals surface area contributed by atoms with E-state index < -0.39 is 5.97 Å². The third-order valence-electron chi connectivity index (χ3n) is 3.49. The number of carboxylic acid groups (broad SMARTS) is 1. The van der Waals surface area contributed by atoms with Crippen LogP contribution in [0.4, 0.5) is 5.82 Å². The van der Waals surface area contributed by atoms with E-state index in [1.165, 1.54) is 16.8 Å². The molecule has 0 unspecified atom stereocenters.